The van der Waals surface area contributed by atoms with Crippen LogP contribution in [0.4, 0.5) is 10.7 Å². The SMILES string of the molecule is COC1=c2[nH]c(NC(=O)N3CCC(C)(O)CC3)nc2=C(C2=CN(C)C(O)C=C2)CC1. The van der Waals surface area contributed by atoms with Crippen LogP contribution in [0.5, 0.6) is 0 Å². The van der Waals surface area contributed by atoms with E-state index in [0.29, 0.717) is 38.3 Å². The number of nitrogens with one attached hydrogen (secondary N) is 2. The molecule has 1 fully saturated rings. The summed E-state index contributed by atoms with van der Waals surface area (Å²) in [5, 5.41) is 24.4. The molecule has 0 bridgehead atoms. The Kier molecular flexibility index (Phi) is 5.33. The third-order valence-electron chi connectivity index (χ3n) is 6.03. The number of aromatic amines is 1. The lowest BCUT2D eigenvalue weighted by Crippen LogP contribution is -2.46. The molecule has 1 aromatic rings. The number of urea groups is 1. The van der Waals surface area contributed by atoms with E-state index < -0.39 is 11.8 Å². The number of aliphatic hydroxyl groups excluding tert-OH is 1. The van der Waals surface area contributed by atoms with Crippen molar-refractivity contribution in [3.63, 3.8) is 0 Å². The van der Waals surface area contributed by atoms with E-state index in [1.807, 2.05) is 19.3 Å². The average molecular weight is 415 g/mol. The first-order chi connectivity index (χ1) is 14.3. The molecule has 1 aromatic heterocycles. The number of H-pyrrole nitrogens is 1. The van der Waals surface area contributed by atoms with E-state index in [2.05, 4.69) is 15.3 Å². The number of fused-ring (bicyclic) bond motifs is 1. The van der Waals surface area contributed by atoms with Crippen molar-refractivity contribution in [1.82, 2.24) is 19.8 Å². The largest absolute Gasteiger partial charge is 0.499 e. The van der Waals surface area contributed by atoms with Gasteiger partial charge in [-0.15, -0.1) is 0 Å². The average Bonchev–Trinajstić information content (AvgIpc) is 3.12. The smallest absolute Gasteiger partial charge is 0.324 e. The van der Waals surface area contributed by atoms with Crippen molar-refractivity contribution >= 4 is 23.3 Å². The fraction of sp³-hybridized carbons (Fsp3) is 0.524. The summed E-state index contributed by atoms with van der Waals surface area (Å²) in [6.45, 7) is 2.80. The molecule has 3 heterocycles. The molecule has 30 heavy (non-hydrogen) atoms. The zero-order valence-corrected chi connectivity index (χ0v) is 17.6. The third kappa shape index (κ3) is 3.95. The van der Waals surface area contributed by atoms with E-state index in [4.69, 9.17) is 4.74 Å². The van der Waals surface area contributed by atoms with Crippen LogP contribution in [0.25, 0.3) is 11.3 Å². The topological polar surface area (TPSA) is 114 Å². The highest BCUT2D eigenvalue weighted by atomic mass is 16.5. The summed E-state index contributed by atoms with van der Waals surface area (Å²) in [6, 6.07) is -0.239. The number of nitrogens with zero attached hydrogens (tertiary/aromatic N) is 3. The standard InChI is InChI=1S/C21H29N5O4/c1-21(29)8-10-26(11-9-21)20(28)24-19-22-17-14(5-6-15(30-3)18(17)23-19)13-4-7-16(27)25(2)12-13/h4,7,12,16,27,29H,5-6,8-11H2,1-3H3,(H2,22,23,24,28). The molecule has 2 aliphatic heterocycles. The van der Waals surface area contributed by atoms with Gasteiger partial charge in [-0.05, 0) is 43.4 Å². The maximum atomic E-state index is 12.7. The summed E-state index contributed by atoms with van der Waals surface area (Å²) in [7, 11) is 3.45. The van der Waals surface area contributed by atoms with Crippen LogP contribution in [0.3, 0.4) is 0 Å². The number of rotatable bonds is 3. The number of hydrogen-bond acceptors (Lipinski definition) is 6. The molecule has 0 saturated carbocycles. The first kappa shape index (κ1) is 20.5. The van der Waals surface area contributed by atoms with Crippen molar-refractivity contribution in [3.8, 4) is 0 Å². The number of methoxy groups -OCH3 is 1. The van der Waals surface area contributed by atoms with Gasteiger partial charge >= 0.3 is 6.03 Å². The number of piperidine rings is 1. The number of carbonyl (C=O) groups excluding carboxylic acids is 1. The number of carbonyl (C=O) groups is 1. The lowest BCUT2D eigenvalue weighted by molar-refractivity contribution is 0.00569. The van der Waals surface area contributed by atoms with Gasteiger partial charge in [-0.25, -0.2) is 9.78 Å². The highest BCUT2D eigenvalue weighted by molar-refractivity contribution is 5.87. The number of hydrogen-bond donors (Lipinski definition) is 4. The van der Waals surface area contributed by atoms with E-state index in [1.54, 1.807) is 29.9 Å². The zero-order valence-electron chi connectivity index (χ0n) is 17.6. The van der Waals surface area contributed by atoms with Gasteiger partial charge in [-0.1, -0.05) is 6.08 Å². The van der Waals surface area contributed by atoms with Crippen LogP contribution in [0.1, 0.15) is 32.6 Å². The second-order valence-electron chi connectivity index (χ2n) is 8.35. The molecule has 0 spiro atoms. The van der Waals surface area contributed by atoms with Crippen molar-refractivity contribution in [2.24, 2.45) is 0 Å². The van der Waals surface area contributed by atoms with Crippen molar-refractivity contribution in [2.75, 3.05) is 32.6 Å². The van der Waals surface area contributed by atoms with Gasteiger partial charge in [0.15, 0.2) is 0 Å². The van der Waals surface area contributed by atoms with Gasteiger partial charge in [0.2, 0.25) is 5.95 Å². The minimum absolute atomic E-state index is 0.239. The van der Waals surface area contributed by atoms with Crippen molar-refractivity contribution < 1.29 is 19.7 Å². The quantitative estimate of drug-likeness (QED) is 0.561. The summed E-state index contributed by atoms with van der Waals surface area (Å²) >= 11 is 0. The molecule has 1 atom stereocenters. The molecule has 0 aromatic carbocycles. The second-order valence-corrected chi connectivity index (χ2v) is 8.35. The minimum atomic E-state index is -0.714. The molecule has 1 aliphatic carbocycles. The lowest BCUT2D eigenvalue weighted by Gasteiger charge is -2.35. The molecule has 4 rings (SSSR count). The number of ether oxygens (including phenoxy) is 1. The summed E-state index contributed by atoms with van der Waals surface area (Å²) in [4.78, 5) is 23.9. The van der Waals surface area contributed by atoms with Gasteiger partial charge in [0, 0.05) is 32.8 Å². The van der Waals surface area contributed by atoms with Gasteiger partial charge in [0.05, 0.1) is 18.1 Å². The molecule has 2 amide bonds. The van der Waals surface area contributed by atoms with Gasteiger partial charge < -0.3 is 29.7 Å². The predicted octanol–water partition coefficient (Wildman–Crippen LogP) is 0.191. The predicted molar refractivity (Wildman–Crippen MR) is 112 cm³/mol. The highest BCUT2D eigenvalue weighted by Crippen LogP contribution is 2.26. The molecule has 9 nitrogen and oxygen atoms in total. The normalized spacial score (nSPS) is 23.2. The van der Waals surface area contributed by atoms with Crippen LogP contribution in [0.2, 0.25) is 0 Å². The van der Waals surface area contributed by atoms with Gasteiger partial charge in [0.1, 0.15) is 17.3 Å². The number of aliphatic hydroxyl groups is 2. The van der Waals surface area contributed by atoms with Crippen LogP contribution in [-0.4, -0.2) is 75.1 Å². The molecular formula is C21H29N5O4. The van der Waals surface area contributed by atoms with Gasteiger partial charge in [0.25, 0.3) is 0 Å². The maximum absolute atomic E-state index is 12.7. The monoisotopic (exact) mass is 415 g/mol. The van der Waals surface area contributed by atoms with E-state index in [0.717, 1.165) is 34.0 Å². The van der Waals surface area contributed by atoms with Crippen LogP contribution < -0.4 is 16.0 Å². The van der Waals surface area contributed by atoms with Crippen LogP contribution in [-0.2, 0) is 4.74 Å². The van der Waals surface area contributed by atoms with Crippen LogP contribution in [0.15, 0.2) is 23.9 Å². The molecular weight excluding hydrogens is 386 g/mol. The summed E-state index contributed by atoms with van der Waals surface area (Å²) < 4.78 is 5.54. The minimum Gasteiger partial charge on any atom is -0.499 e. The van der Waals surface area contributed by atoms with Crippen molar-refractivity contribution in [1.29, 1.82) is 0 Å². The molecule has 1 saturated heterocycles. The summed E-state index contributed by atoms with van der Waals surface area (Å²) in [5.74, 6) is 1.16. The first-order valence-corrected chi connectivity index (χ1v) is 10.2. The van der Waals surface area contributed by atoms with Crippen LogP contribution >= 0.6 is 0 Å². The Balaban J connectivity index is 1.64. The lowest BCUT2D eigenvalue weighted by atomic mass is 9.94. The number of likely N-dealkylation sites (N-methyl/N-ethyl adjacent to an activating group) is 1. The number of likely N-dealkylation sites (tertiary alicyclic amines) is 1. The van der Waals surface area contributed by atoms with E-state index >= 15 is 0 Å². The molecule has 162 valence electrons. The Morgan fingerprint density at radius 3 is 2.77 bits per heavy atom. The number of anilines is 1. The Labute approximate surface area is 175 Å². The number of imidazole rings is 1. The van der Waals surface area contributed by atoms with Crippen molar-refractivity contribution in [2.45, 2.75) is 44.4 Å². The molecule has 3 aliphatic rings. The van der Waals surface area contributed by atoms with Gasteiger partial charge in [-0.2, -0.15) is 0 Å². The van der Waals surface area contributed by atoms with Crippen LogP contribution in [0, 0.1) is 0 Å². The summed E-state index contributed by atoms with van der Waals surface area (Å²) in [6.07, 6.45) is 7.45. The zero-order chi connectivity index (χ0) is 21.5. The Morgan fingerprint density at radius 1 is 1.37 bits per heavy atom. The van der Waals surface area contributed by atoms with E-state index in [-0.39, 0.29) is 6.03 Å². The summed E-state index contributed by atoms with van der Waals surface area (Å²) in [5.41, 5.74) is 1.29. The second kappa shape index (κ2) is 7.81. The van der Waals surface area contributed by atoms with Gasteiger partial charge in [-0.3, -0.25) is 5.32 Å². The third-order valence-corrected chi connectivity index (χ3v) is 6.03. The molecule has 9 heteroatoms. The number of aromatic nitrogens is 2. The Hall–Kier alpha value is -2.78. The van der Waals surface area contributed by atoms with E-state index in [1.165, 1.54) is 0 Å². The maximum Gasteiger partial charge on any atom is 0.324 e. The van der Waals surface area contributed by atoms with Crippen molar-refractivity contribution in [3.05, 3.63) is 34.6 Å². The number of amides is 2. The first-order valence-electron chi connectivity index (χ1n) is 10.2. The Bertz CT molecular complexity index is 1010. The molecule has 1 unspecified atom stereocenters. The highest BCUT2D eigenvalue weighted by Gasteiger charge is 2.30. The fourth-order valence-electron chi connectivity index (χ4n) is 4.03. The molecule has 4 N–H and O–H groups in total. The molecule has 0 radical (unpaired) electrons. The van der Waals surface area contributed by atoms with E-state index in [9.17, 15) is 15.0 Å². The number of allylic oxidation sites excluding steroid dienone is 2. The fourth-order valence-corrected chi connectivity index (χ4v) is 4.03. The Morgan fingerprint density at radius 2 is 2.10 bits per heavy atom.